The van der Waals surface area contributed by atoms with E-state index in [4.69, 9.17) is 9.47 Å². The standard InChI is InChI=1S/C25H39N3O6/c1-25(2,3)34-23(31)27-17-10-5-8-15-22(30)26-16-11-9-14-21(18-29)28-24(32)33-19-20-12-6-4-7-13-20/h4,6-7,12-13,18,21H,5,8-11,14-17,19H2,1-3H3,(H,26,30)(H,27,31)(H,28,32). The predicted molar refractivity (Wildman–Crippen MR) is 129 cm³/mol. The molecule has 3 N–H and O–H groups in total. The zero-order valence-electron chi connectivity index (χ0n) is 20.6. The van der Waals surface area contributed by atoms with Crippen molar-refractivity contribution < 1.29 is 28.7 Å². The van der Waals surface area contributed by atoms with E-state index in [0.29, 0.717) is 45.1 Å². The van der Waals surface area contributed by atoms with Gasteiger partial charge >= 0.3 is 12.2 Å². The van der Waals surface area contributed by atoms with Crippen LogP contribution < -0.4 is 16.0 Å². The average Bonchev–Trinajstić information content (AvgIpc) is 2.78. The maximum Gasteiger partial charge on any atom is 0.408 e. The molecule has 0 radical (unpaired) electrons. The zero-order valence-corrected chi connectivity index (χ0v) is 20.6. The molecule has 3 amide bonds. The van der Waals surface area contributed by atoms with Crippen LogP contribution in [0.5, 0.6) is 0 Å². The molecule has 1 rings (SSSR count). The fourth-order valence-corrected chi connectivity index (χ4v) is 2.99. The molecule has 0 bridgehead atoms. The van der Waals surface area contributed by atoms with Crippen molar-refractivity contribution in [3.63, 3.8) is 0 Å². The van der Waals surface area contributed by atoms with E-state index in [0.717, 1.165) is 24.8 Å². The first-order valence-corrected chi connectivity index (χ1v) is 11.9. The van der Waals surface area contributed by atoms with Gasteiger partial charge in [-0.2, -0.15) is 0 Å². The van der Waals surface area contributed by atoms with Crippen LogP contribution in [-0.2, 0) is 25.7 Å². The maximum absolute atomic E-state index is 11.9. The largest absolute Gasteiger partial charge is 0.445 e. The van der Waals surface area contributed by atoms with Crippen LogP contribution in [0.3, 0.4) is 0 Å². The van der Waals surface area contributed by atoms with Crippen LogP contribution in [0.4, 0.5) is 9.59 Å². The fourth-order valence-electron chi connectivity index (χ4n) is 2.99. The van der Waals surface area contributed by atoms with Crippen molar-refractivity contribution in [1.29, 1.82) is 0 Å². The number of rotatable bonds is 15. The number of hydrogen-bond donors (Lipinski definition) is 3. The number of hydrogen-bond acceptors (Lipinski definition) is 6. The summed E-state index contributed by atoms with van der Waals surface area (Å²) < 4.78 is 10.3. The second kappa shape index (κ2) is 16.5. The maximum atomic E-state index is 11.9. The van der Waals surface area contributed by atoms with Gasteiger partial charge < -0.3 is 30.2 Å². The fraction of sp³-hybridized carbons (Fsp3) is 0.600. The summed E-state index contributed by atoms with van der Waals surface area (Å²) in [5.41, 5.74) is 0.356. The number of nitrogens with one attached hydrogen (secondary N) is 3. The Kier molecular flexibility index (Phi) is 14.0. The Morgan fingerprint density at radius 3 is 2.26 bits per heavy atom. The number of benzene rings is 1. The molecule has 190 valence electrons. The average molecular weight is 478 g/mol. The Balaban J connectivity index is 2.02. The SMILES string of the molecule is CC(C)(C)OC(=O)NCCCCCC(=O)NCCCCC(C=O)NC(=O)OCc1ccccc1. The minimum absolute atomic E-state index is 0.0188. The highest BCUT2D eigenvalue weighted by atomic mass is 16.6. The summed E-state index contributed by atoms with van der Waals surface area (Å²) >= 11 is 0. The molecule has 34 heavy (non-hydrogen) atoms. The summed E-state index contributed by atoms with van der Waals surface area (Å²) in [6, 6.07) is 8.68. The van der Waals surface area contributed by atoms with Crippen LogP contribution >= 0.6 is 0 Å². The molecule has 0 spiro atoms. The monoisotopic (exact) mass is 477 g/mol. The first kappa shape index (κ1) is 28.9. The first-order valence-electron chi connectivity index (χ1n) is 11.9. The molecular formula is C25H39N3O6. The van der Waals surface area contributed by atoms with E-state index < -0.39 is 23.8 Å². The number of unbranched alkanes of at least 4 members (excludes halogenated alkanes) is 3. The second-order valence-electron chi connectivity index (χ2n) is 9.03. The van der Waals surface area contributed by atoms with Gasteiger partial charge in [-0.15, -0.1) is 0 Å². The smallest absolute Gasteiger partial charge is 0.408 e. The van der Waals surface area contributed by atoms with Gasteiger partial charge in [0.25, 0.3) is 0 Å². The van der Waals surface area contributed by atoms with E-state index in [2.05, 4.69) is 16.0 Å². The summed E-state index contributed by atoms with van der Waals surface area (Å²) in [5.74, 6) is -0.0188. The van der Waals surface area contributed by atoms with Gasteiger partial charge in [0.05, 0.1) is 6.04 Å². The van der Waals surface area contributed by atoms with Crippen LogP contribution in [0.15, 0.2) is 30.3 Å². The van der Waals surface area contributed by atoms with Gasteiger partial charge in [-0.05, 0) is 58.4 Å². The van der Waals surface area contributed by atoms with Crippen molar-refractivity contribution in [2.24, 2.45) is 0 Å². The first-order chi connectivity index (χ1) is 16.2. The summed E-state index contributed by atoms with van der Waals surface area (Å²) in [5, 5.41) is 8.10. The number of carbonyl (C=O) groups excluding carboxylic acids is 4. The molecule has 0 aliphatic heterocycles. The molecule has 0 aromatic heterocycles. The van der Waals surface area contributed by atoms with Gasteiger partial charge in [0.15, 0.2) is 0 Å². The number of aldehydes is 1. The van der Waals surface area contributed by atoms with Crippen LogP contribution in [0.1, 0.15) is 71.3 Å². The summed E-state index contributed by atoms with van der Waals surface area (Å²) in [4.78, 5) is 46.5. The van der Waals surface area contributed by atoms with Crippen LogP contribution in [0, 0.1) is 0 Å². The lowest BCUT2D eigenvalue weighted by Gasteiger charge is -2.19. The predicted octanol–water partition coefficient (Wildman–Crippen LogP) is 3.85. The Labute approximate surface area is 202 Å². The molecule has 0 aliphatic rings. The lowest BCUT2D eigenvalue weighted by atomic mass is 10.1. The number of amides is 3. The van der Waals surface area contributed by atoms with Gasteiger partial charge in [0, 0.05) is 19.5 Å². The molecule has 0 saturated carbocycles. The Morgan fingerprint density at radius 1 is 0.912 bits per heavy atom. The third-order valence-corrected chi connectivity index (χ3v) is 4.69. The van der Waals surface area contributed by atoms with E-state index in [1.165, 1.54) is 0 Å². The molecule has 9 heteroatoms. The summed E-state index contributed by atoms with van der Waals surface area (Å²) in [6.07, 6.45) is 4.27. The van der Waals surface area contributed by atoms with Crippen molar-refractivity contribution in [2.45, 2.75) is 84.0 Å². The van der Waals surface area contributed by atoms with Crippen LogP contribution in [0.2, 0.25) is 0 Å². The van der Waals surface area contributed by atoms with E-state index in [9.17, 15) is 19.2 Å². The molecule has 1 atom stereocenters. The molecule has 0 aliphatic carbocycles. The van der Waals surface area contributed by atoms with Gasteiger partial charge in [-0.25, -0.2) is 9.59 Å². The highest BCUT2D eigenvalue weighted by Gasteiger charge is 2.15. The van der Waals surface area contributed by atoms with Crippen molar-refractivity contribution in [1.82, 2.24) is 16.0 Å². The topological polar surface area (TPSA) is 123 Å². The van der Waals surface area contributed by atoms with E-state index >= 15 is 0 Å². The van der Waals surface area contributed by atoms with Gasteiger partial charge in [0.2, 0.25) is 5.91 Å². The lowest BCUT2D eigenvalue weighted by Crippen LogP contribution is -2.36. The minimum Gasteiger partial charge on any atom is -0.445 e. The van der Waals surface area contributed by atoms with Crippen molar-refractivity contribution in [2.75, 3.05) is 13.1 Å². The minimum atomic E-state index is -0.629. The molecule has 1 aromatic carbocycles. The quantitative estimate of drug-likeness (QED) is 0.260. The molecule has 1 aromatic rings. The number of carbonyl (C=O) groups is 4. The van der Waals surface area contributed by atoms with Crippen molar-refractivity contribution >= 4 is 24.4 Å². The Hall–Kier alpha value is -3.10. The lowest BCUT2D eigenvalue weighted by molar-refractivity contribution is -0.121. The second-order valence-corrected chi connectivity index (χ2v) is 9.03. The third kappa shape index (κ3) is 15.7. The van der Waals surface area contributed by atoms with Crippen molar-refractivity contribution in [3.8, 4) is 0 Å². The Bertz CT molecular complexity index is 749. The van der Waals surface area contributed by atoms with Crippen LogP contribution in [-0.4, -0.2) is 49.1 Å². The highest BCUT2D eigenvalue weighted by Crippen LogP contribution is 2.07. The van der Waals surface area contributed by atoms with E-state index in [1.807, 2.05) is 51.1 Å². The van der Waals surface area contributed by atoms with Gasteiger partial charge in [0.1, 0.15) is 18.5 Å². The number of ether oxygens (including phenoxy) is 2. The molecule has 1 unspecified atom stereocenters. The summed E-state index contributed by atoms with van der Waals surface area (Å²) in [7, 11) is 0. The van der Waals surface area contributed by atoms with Gasteiger partial charge in [-0.1, -0.05) is 36.8 Å². The van der Waals surface area contributed by atoms with Gasteiger partial charge in [-0.3, -0.25) is 4.79 Å². The van der Waals surface area contributed by atoms with E-state index in [-0.39, 0.29) is 12.5 Å². The van der Waals surface area contributed by atoms with Crippen LogP contribution in [0.25, 0.3) is 0 Å². The molecular weight excluding hydrogens is 438 g/mol. The normalized spacial score (nSPS) is 11.7. The third-order valence-electron chi connectivity index (χ3n) is 4.69. The molecule has 9 nitrogen and oxygen atoms in total. The highest BCUT2D eigenvalue weighted by molar-refractivity contribution is 5.75. The zero-order chi connectivity index (χ0) is 25.2. The molecule has 0 saturated heterocycles. The number of alkyl carbamates (subject to hydrolysis) is 2. The summed E-state index contributed by atoms with van der Waals surface area (Å²) in [6.45, 7) is 6.61. The molecule has 0 fully saturated rings. The Morgan fingerprint density at radius 2 is 1.59 bits per heavy atom. The molecule has 0 heterocycles. The van der Waals surface area contributed by atoms with E-state index in [1.54, 1.807) is 0 Å². The van der Waals surface area contributed by atoms with Crippen molar-refractivity contribution in [3.05, 3.63) is 35.9 Å².